The fraction of sp³-hybridized carbons (Fsp3) is 0.0769. The molecule has 1 aliphatic rings. The van der Waals surface area contributed by atoms with Gasteiger partial charge in [0.05, 0.1) is 0 Å². The average Bonchev–Trinajstić information content (AvgIpc) is 2.37. The summed E-state index contributed by atoms with van der Waals surface area (Å²) in [6.45, 7) is 0. The van der Waals surface area contributed by atoms with Crippen LogP contribution in [-0.4, -0.2) is 18.1 Å². The first-order chi connectivity index (χ1) is 8.98. The van der Waals surface area contributed by atoms with Gasteiger partial charge in [0.25, 0.3) is 10.1 Å². The maximum atomic E-state index is 11.4. The molecule has 2 N–H and O–H groups in total. The van der Waals surface area contributed by atoms with Gasteiger partial charge in [-0.05, 0) is 18.2 Å². The van der Waals surface area contributed by atoms with E-state index in [-0.39, 0.29) is 16.2 Å². The number of aliphatic hydroxyl groups is 1. The third-order valence-electron chi connectivity index (χ3n) is 3.01. The third-order valence-corrected chi connectivity index (χ3v) is 3.92. The molecule has 1 aliphatic heterocycles. The molecule has 0 bridgehead atoms. The SMILES string of the molecule is O=S(=O)(O)c1cccc2c1C(O)c1ccccc1O2. The van der Waals surface area contributed by atoms with Crippen molar-refractivity contribution in [3.05, 3.63) is 53.6 Å². The third kappa shape index (κ3) is 1.90. The van der Waals surface area contributed by atoms with E-state index in [4.69, 9.17) is 4.74 Å². The Kier molecular flexibility index (Phi) is 2.60. The van der Waals surface area contributed by atoms with Crippen molar-refractivity contribution in [3.8, 4) is 11.5 Å². The lowest BCUT2D eigenvalue weighted by atomic mass is 9.97. The smallest absolute Gasteiger partial charge is 0.295 e. The van der Waals surface area contributed by atoms with Crippen molar-refractivity contribution in [2.45, 2.75) is 11.0 Å². The molecule has 98 valence electrons. The topological polar surface area (TPSA) is 83.8 Å². The van der Waals surface area contributed by atoms with Crippen molar-refractivity contribution in [1.82, 2.24) is 0 Å². The number of benzene rings is 2. The highest BCUT2D eigenvalue weighted by Gasteiger charge is 2.31. The van der Waals surface area contributed by atoms with Gasteiger partial charge in [-0.1, -0.05) is 24.3 Å². The van der Waals surface area contributed by atoms with E-state index in [0.29, 0.717) is 11.3 Å². The molecule has 1 atom stereocenters. The minimum absolute atomic E-state index is 0.0590. The van der Waals surface area contributed by atoms with Crippen LogP contribution in [0, 0.1) is 0 Å². The number of ether oxygens (including phenoxy) is 1. The Balaban J connectivity index is 2.28. The summed E-state index contributed by atoms with van der Waals surface area (Å²) in [5, 5.41) is 10.3. The monoisotopic (exact) mass is 278 g/mol. The van der Waals surface area contributed by atoms with Gasteiger partial charge in [0.2, 0.25) is 0 Å². The Morgan fingerprint density at radius 2 is 1.68 bits per heavy atom. The maximum Gasteiger partial charge on any atom is 0.295 e. The fourth-order valence-electron chi connectivity index (χ4n) is 2.18. The molecule has 0 saturated carbocycles. The van der Waals surface area contributed by atoms with Gasteiger partial charge in [-0.2, -0.15) is 8.42 Å². The first-order valence-corrected chi connectivity index (χ1v) is 6.98. The average molecular weight is 278 g/mol. The Morgan fingerprint density at radius 3 is 2.42 bits per heavy atom. The molecule has 1 unspecified atom stereocenters. The zero-order valence-electron chi connectivity index (χ0n) is 9.65. The van der Waals surface area contributed by atoms with Crippen LogP contribution in [0.1, 0.15) is 17.2 Å². The van der Waals surface area contributed by atoms with Crippen LogP contribution in [0.25, 0.3) is 0 Å². The molecule has 0 radical (unpaired) electrons. The first-order valence-electron chi connectivity index (χ1n) is 5.54. The molecular formula is C13H10O5S. The van der Waals surface area contributed by atoms with Crippen LogP contribution in [0.5, 0.6) is 11.5 Å². The van der Waals surface area contributed by atoms with Gasteiger partial charge in [0, 0.05) is 11.1 Å². The van der Waals surface area contributed by atoms with Gasteiger partial charge in [-0.3, -0.25) is 4.55 Å². The van der Waals surface area contributed by atoms with Crippen molar-refractivity contribution in [3.63, 3.8) is 0 Å². The second kappa shape index (κ2) is 4.06. The second-order valence-electron chi connectivity index (χ2n) is 4.19. The van der Waals surface area contributed by atoms with Crippen LogP contribution in [-0.2, 0) is 10.1 Å². The van der Waals surface area contributed by atoms with E-state index in [2.05, 4.69) is 0 Å². The van der Waals surface area contributed by atoms with E-state index in [1.807, 2.05) is 0 Å². The molecule has 2 aromatic rings. The lowest BCUT2D eigenvalue weighted by Gasteiger charge is -2.25. The Labute approximate surface area is 109 Å². The van der Waals surface area contributed by atoms with Gasteiger partial charge in [0.15, 0.2) is 0 Å². The number of hydrogen-bond donors (Lipinski definition) is 2. The summed E-state index contributed by atoms with van der Waals surface area (Å²) >= 11 is 0. The van der Waals surface area contributed by atoms with Crippen molar-refractivity contribution in [2.24, 2.45) is 0 Å². The van der Waals surface area contributed by atoms with Gasteiger partial charge < -0.3 is 9.84 Å². The van der Waals surface area contributed by atoms with Crippen molar-refractivity contribution < 1.29 is 22.8 Å². The molecule has 0 aromatic heterocycles. The van der Waals surface area contributed by atoms with E-state index >= 15 is 0 Å². The van der Waals surface area contributed by atoms with E-state index in [1.54, 1.807) is 30.3 Å². The molecule has 19 heavy (non-hydrogen) atoms. The van der Waals surface area contributed by atoms with Crippen LogP contribution in [0.15, 0.2) is 47.4 Å². The van der Waals surface area contributed by atoms with Crippen molar-refractivity contribution in [2.75, 3.05) is 0 Å². The maximum absolute atomic E-state index is 11.4. The summed E-state index contributed by atoms with van der Waals surface area (Å²) in [6.07, 6.45) is -1.15. The highest BCUT2D eigenvalue weighted by Crippen LogP contribution is 2.44. The molecule has 0 fully saturated rings. The van der Waals surface area contributed by atoms with Gasteiger partial charge in [0.1, 0.15) is 22.5 Å². The summed E-state index contributed by atoms with van der Waals surface area (Å²) in [4.78, 5) is -0.341. The fourth-order valence-corrected chi connectivity index (χ4v) is 2.92. The largest absolute Gasteiger partial charge is 0.457 e. The van der Waals surface area contributed by atoms with E-state index in [9.17, 15) is 18.1 Å². The van der Waals surface area contributed by atoms with Crippen molar-refractivity contribution in [1.29, 1.82) is 0 Å². The van der Waals surface area contributed by atoms with Gasteiger partial charge in [-0.25, -0.2) is 0 Å². The minimum Gasteiger partial charge on any atom is -0.457 e. The summed E-state index contributed by atoms with van der Waals surface area (Å²) in [7, 11) is -4.42. The number of aliphatic hydroxyl groups excluding tert-OH is 1. The first kappa shape index (κ1) is 12.2. The van der Waals surface area contributed by atoms with Crippen LogP contribution in [0.2, 0.25) is 0 Å². The highest BCUT2D eigenvalue weighted by atomic mass is 32.2. The second-order valence-corrected chi connectivity index (χ2v) is 5.58. The van der Waals surface area contributed by atoms with Crippen LogP contribution in [0.4, 0.5) is 0 Å². The predicted molar refractivity (Wildman–Crippen MR) is 66.8 cm³/mol. The molecular weight excluding hydrogens is 268 g/mol. The molecule has 0 saturated heterocycles. The van der Waals surface area contributed by atoms with E-state index in [0.717, 1.165) is 0 Å². The lowest BCUT2D eigenvalue weighted by Crippen LogP contribution is -2.14. The molecule has 6 heteroatoms. The van der Waals surface area contributed by atoms with Crippen molar-refractivity contribution >= 4 is 10.1 Å². The number of hydrogen-bond acceptors (Lipinski definition) is 4. The zero-order chi connectivity index (χ0) is 13.6. The molecule has 2 aromatic carbocycles. The van der Waals surface area contributed by atoms with Gasteiger partial charge in [-0.15, -0.1) is 0 Å². The minimum atomic E-state index is -4.42. The normalized spacial score (nSPS) is 17.3. The molecule has 5 nitrogen and oxygen atoms in total. The van der Waals surface area contributed by atoms with Crippen LogP contribution >= 0.6 is 0 Å². The summed E-state index contributed by atoms with van der Waals surface area (Å²) in [6, 6.07) is 11.0. The summed E-state index contributed by atoms with van der Waals surface area (Å²) in [5.41, 5.74) is 0.523. The number of para-hydroxylation sites is 1. The summed E-state index contributed by atoms with van der Waals surface area (Å²) in [5.74, 6) is 0.691. The predicted octanol–water partition coefficient (Wildman–Crippen LogP) is 2.12. The molecule has 1 heterocycles. The molecule has 3 rings (SSSR count). The summed E-state index contributed by atoms with van der Waals surface area (Å²) < 4.78 is 37.5. The van der Waals surface area contributed by atoms with Crippen LogP contribution < -0.4 is 4.74 Å². The lowest BCUT2D eigenvalue weighted by molar-refractivity contribution is 0.199. The highest BCUT2D eigenvalue weighted by molar-refractivity contribution is 7.85. The molecule has 0 spiro atoms. The van der Waals surface area contributed by atoms with E-state index in [1.165, 1.54) is 12.1 Å². The Bertz CT molecular complexity index is 751. The number of fused-ring (bicyclic) bond motifs is 2. The molecule has 0 amide bonds. The van der Waals surface area contributed by atoms with Gasteiger partial charge >= 0.3 is 0 Å². The standard InChI is InChI=1S/C13H10O5S/c14-13-8-4-1-2-5-9(8)18-10-6-3-7-11(12(10)13)19(15,16)17/h1-7,13-14H,(H,15,16,17). The quantitative estimate of drug-likeness (QED) is 0.781. The van der Waals surface area contributed by atoms with Crippen LogP contribution in [0.3, 0.4) is 0 Å². The Hall–Kier alpha value is -1.89. The Morgan fingerprint density at radius 1 is 1.00 bits per heavy atom. The zero-order valence-corrected chi connectivity index (χ0v) is 10.5. The molecule has 0 aliphatic carbocycles. The number of rotatable bonds is 1. The van der Waals surface area contributed by atoms with E-state index < -0.39 is 16.2 Å².